The Balaban J connectivity index is 2.69. The van der Waals surface area contributed by atoms with Crippen molar-refractivity contribution in [1.29, 1.82) is 0 Å². The Morgan fingerprint density at radius 2 is 2.17 bits per heavy atom. The van der Waals surface area contributed by atoms with E-state index in [2.05, 4.69) is 4.72 Å². The summed E-state index contributed by atoms with van der Waals surface area (Å²) in [5.74, 6) is 0.124. The van der Waals surface area contributed by atoms with Crippen LogP contribution in [0, 0.1) is 0 Å². The average molecular weight is 292 g/mol. The van der Waals surface area contributed by atoms with Crippen LogP contribution in [0.5, 0.6) is 0 Å². The molecule has 0 amide bonds. The minimum absolute atomic E-state index is 0.124. The van der Waals surface area contributed by atoms with E-state index in [-0.39, 0.29) is 18.4 Å². The van der Waals surface area contributed by atoms with Gasteiger partial charge in [0.05, 0.1) is 11.9 Å². The minimum Gasteiger partial charge on any atom is -0.375 e. The van der Waals surface area contributed by atoms with Gasteiger partial charge >= 0.3 is 0 Å². The molecule has 4 nitrogen and oxygen atoms in total. The van der Waals surface area contributed by atoms with Crippen LogP contribution in [0.4, 0.5) is 0 Å². The molecular weight excluding hydrogens is 274 g/mol. The Hall–Kier alpha value is -0.620. The van der Waals surface area contributed by atoms with Gasteiger partial charge in [-0.2, -0.15) is 0 Å². The first-order chi connectivity index (χ1) is 8.48. The summed E-state index contributed by atoms with van der Waals surface area (Å²) in [6, 6.07) is 7.20. The standard InChI is InChI=1S/C12H18ClNO3S/c1-3-7-18(15,16)14-9-12(17-2)10-5-4-6-11(13)8-10/h4-6,8,12,14H,3,7,9H2,1-2H3/t12-/m1/s1. The summed E-state index contributed by atoms with van der Waals surface area (Å²) in [5, 5.41) is 0.603. The predicted molar refractivity (Wildman–Crippen MR) is 73.3 cm³/mol. The third kappa shape index (κ3) is 4.94. The van der Waals surface area contributed by atoms with Crippen molar-refractivity contribution >= 4 is 21.6 Å². The van der Waals surface area contributed by atoms with E-state index in [1.165, 1.54) is 0 Å². The number of sulfonamides is 1. The van der Waals surface area contributed by atoms with Crippen molar-refractivity contribution in [3.8, 4) is 0 Å². The number of hydrogen-bond acceptors (Lipinski definition) is 3. The zero-order chi connectivity index (χ0) is 13.6. The van der Waals surface area contributed by atoms with Gasteiger partial charge in [-0.25, -0.2) is 13.1 Å². The molecule has 1 atom stereocenters. The number of benzene rings is 1. The molecule has 0 aliphatic rings. The van der Waals surface area contributed by atoms with Crippen LogP contribution in [0.15, 0.2) is 24.3 Å². The van der Waals surface area contributed by atoms with Gasteiger partial charge in [0, 0.05) is 18.7 Å². The van der Waals surface area contributed by atoms with Crippen molar-refractivity contribution in [1.82, 2.24) is 4.72 Å². The molecule has 0 saturated carbocycles. The fourth-order valence-corrected chi connectivity index (χ4v) is 2.87. The SMILES string of the molecule is CCCS(=O)(=O)NC[C@@H](OC)c1cccc(Cl)c1. The zero-order valence-electron chi connectivity index (χ0n) is 10.5. The molecule has 0 saturated heterocycles. The lowest BCUT2D eigenvalue weighted by Gasteiger charge is -2.16. The first-order valence-electron chi connectivity index (χ1n) is 5.74. The van der Waals surface area contributed by atoms with E-state index in [1.54, 1.807) is 19.2 Å². The number of methoxy groups -OCH3 is 1. The summed E-state index contributed by atoms with van der Waals surface area (Å²) < 4.78 is 30.9. The van der Waals surface area contributed by atoms with E-state index in [1.807, 2.05) is 19.1 Å². The number of hydrogen-bond donors (Lipinski definition) is 1. The maximum absolute atomic E-state index is 11.6. The van der Waals surface area contributed by atoms with E-state index < -0.39 is 10.0 Å². The largest absolute Gasteiger partial charge is 0.375 e. The summed E-state index contributed by atoms with van der Waals surface area (Å²) in [6.07, 6.45) is 0.250. The van der Waals surface area contributed by atoms with E-state index in [0.717, 1.165) is 5.56 Å². The summed E-state index contributed by atoms with van der Waals surface area (Å²) in [7, 11) is -1.68. The van der Waals surface area contributed by atoms with Gasteiger partial charge in [0.25, 0.3) is 0 Å². The predicted octanol–water partition coefficient (Wildman–Crippen LogP) is 2.36. The van der Waals surface area contributed by atoms with Gasteiger partial charge in [0.2, 0.25) is 10.0 Å². The highest BCUT2D eigenvalue weighted by Crippen LogP contribution is 2.19. The maximum Gasteiger partial charge on any atom is 0.211 e. The quantitative estimate of drug-likeness (QED) is 0.839. The van der Waals surface area contributed by atoms with Crippen LogP contribution < -0.4 is 4.72 Å². The molecule has 102 valence electrons. The Labute approximate surface area is 113 Å². The van der Waals surface area contributed by atoms with Crippen LogP contribution in [0.1, 0.15) is 25.0 Å². The molecular formula is C12H18ClNO3S. The summed E-state index contributed by atoms with van der Waals surface area (Å²) in [5.41, 5.74) is 0.851. The monoisotopic (exact) mass is 291 g/mol. The normalized spacial score (nSPS) is 13.5. The second kappa shape index (κ2) is 7.09. The molecule has 0 aromatic heterocycles. The van der Waals surface area contributed by atoms with Crippen molar-refractivity contribution in [2.24, 2.45) is 0 Å². The average Bonchev–Trinajstić information content (AvgIpc) is 2.29. The molecule has 0 fully saturated rings. The van der Waals surface area contributed by atoms with Gasteiger partial charge in [-0.15, -0.1) is 0 Å². The maximum atomic E-state index is 11.6. The molecule has 0 radical (unpaired) electrons. The lowest BCUT2D eigenvalue weighted by atomic mass is 10.1. The molecule has 1 rings (SSSR count). The second-order valence-corrected chi connectivity index (χ2v) is 6.31. The molecule has 0 aliphatic heterocycles. The van der Waals surface area contributed by atoms with Gasteiger partial charge in [0.1, 0.15) is 0 Å². The van der Waals surface area contributed by atoms with Crippen molar-refractivity contribution in [2.45, 2.75) is 19.4 Å². The molecule has 1 aromatic carbocycles. The second-order valence-electron chi connectivity index (χ2n) is 3.95. The molecule has 6 heteroatoms. The Kier molecular flexibility index (Phi) is 6.08. The lowest BCUT2D eigenvalue weighted by Crippen LogP contribution is -2.31. The summed E-state index contributed by atoms with van der Waals surface area (Å²) >= 11 is 5.89. The highest BCUT2D eigenvalue weighted by atomic mass is 35.5. The minimum atomic E-state index is -3.22. The fraction of sp³-hybridized carbons (Fsp3) is 0.500. The van der Waals surface area contributed by atoms with E-state index in [4.69, 9.17) is 16.3 Å². The van der Waals surface area contributed by atoms with E-state index in [9.17, 15) is 8.42 Å². The first kappa shape index (κ1) is 15.4. The molecule has 1 aromatic rings. The topological polar surface area (TPSA) is 55.4 Å². The van der Waals surface area contributed by atoms with Crippen LogP contribution in [0.2, 0.25) is 5.02 Å². The molecule has 0 spiro atoms. The molecule has 0 bridgehead atoms. The van der Waals surface area contributed by atoms with Crippen molar-refractivity contribution in [3.63, 3.8) is 0 Å². The Bertz CT molecular complexity index is 476. The zero-order valence-corrected chi connectivity index (χ0v) is 12.1. The number of rotatable bonds is 7. The van der Waals surface area contributed by atoms with E-state index in [0.29, 0.717) is 11.4 Å². The molecule has 0 heterocycles. The van der Waals surface area contributed by atoms with Crippen LogP contribution in [-0.2, 0) is 14.8 Å². The van der Waals surface area contributed by atoms with Crippen molar-refractivity contribution in [2.75, 3.05) is 19.4 Å². The van der Waals surface area contributed by atoms with Crippen molar-refractivity contribution < 1.29 is 13.2 Å². The smallest absolute Gasteiger partial charge is 0.211 e. The molecule has 0 unspecified atom stereocenters. The van der Waals surface area contributed by atoms with E-state index >= 15 is 0 Å². The number of halogens is 1. The van der Waals surface area contributed by atoms with Crippen LogP contribution in [0.25, 0.3) is 0 Å². The Morgan fingerprint density at radius 3 is 2.72 bits per heavy atom. The number of ether oxygens (including phenoxy) is 1. The highest BCUT2D eigenvalue weighted by Gasteiger charge is 2.15. The van der Waals surface area contributed by atoms with Gasteiger partial charge in [-0.05, 0) is 24.1 Å². The summed E-state index contributed by atoms with van der Waals surface area (Å²) in [6.45, 7) is 2.03. The number of nitrogens with one attached hydrogen (secondary N) is 1. The third-order valence-electron chi connectivity index (χ3n) is 2.47. The van der Waals surface area contributed by atoms with Gasteiger partial charge in [-0.3, -0.25) is 0 Å². The van der Waals surface area contributed by atoms with Crippen LogP contribution in [-0.4, -0.2) is 27.8 Å². The van der Waals surface area contributed by atoms with Crippen LogP contribution >= 0.6 is 11.6 Å². The fourth-order valence-electron chi connectivity index (χ4n) is 1.59. The first-order valence-corrected chi connectivity index (χ1v) is 7.77. The van der Waals surface area contributed by atoms with Gasteiger partial charge in [0.15, 0.2) is 0 Å². The molecule has 1 N–H and O–H groups in total. The lowest BCUT2D eigenvalue weighted by molar-refractivity contribution is 0.107. The highest BCUT2D eigenvalue weighted by molar-refractivity contribution is 7.89. The summed E-state index contributed by atoms with van der Waals surface area (Å²) in [4.78, 5) is 0. The molecule has 18 heavy (non-hydrogen) atoms. The molecule has 0 aliphatic carbocycles. The van der Waals surface area contributed by atoms with Gasteiger partial charge < -0.3 is 4.74 Å². The third-order valence-corrected chi connectivity index (χ3v) is 4.25. The van der Waals surface area contributed by atoms with Crippen LogP contribution in [0.3, 0.4) is 0 Å². The Morgan fingerprint density at radius 1 is 1.44 bits per heavy atom. The van der Waals surface area contributed by atoms with Crippen molar-refractivity contribution in [3.05, 3.63) is 34.9 Å². The van der Waals surface area contributed by atoms with Gasteiger partial charge in [-0.1, -0.05) is 30.7 Å².